The fourth-order valence-corrected chi connectivity index (χ4v) is 4.32. The van der Waals surface area contributed by atoms with Crippen LogP contribution in [-0.2, 0) is 16.1 Å². The van der Waals surface area contributed by atoms with E-state index in [0.717, 1.165) is 5.56 Å². The van der Waals surface area contributed by atoms with E-state index in [2.05, 4.69) is 4.99 Å². The van der Waals surface area contributed by atoms with E-state index in [1.165, 1.54) is 13.2 Å². The quantitative estimate of drug-likeness (QED) is 0.456. The third kappa shape index (κ3) is 4.07. The van der Waals surface area contributed by atoms with Crippen LogP contribution in [-0.4, -0.2) is 36.5 Å². The molecule has 182 valence electrons. The van der Waals surface area contributed by atoms with Gasteiger partial charge in [0.05, 0.1) is 24.9 Å². The van der Waals surface area contributed by atoms with Crippen molar-refractivity contribution in [2.24, 2.45) is 4.99 Å². The van der Waals surface area contributed by atoms with Gasteiger partial charge in [0.15, 0.2) is 5.71 Å². The highest BCUT2D eigenvalue weighted by molar-refractivity contribution is 6.55. The Kier molecular flexibility index (Phi) is 6.16. The summed E-state index contributed by atoms with van der Waals surface area (Å²) in [6, 6.07) is 18.9. The Labute approximate surface area is 207 Å². The molecule has 3 aromatic rings. The predicted molar refractivity (Wildman–Crippen MR) is 132 cm³/mol. The topological polar surface area (TPSA) is 104 Å². The number of para-hydroxylation sites is 1. The molecule has 8 nitrogen and oxygen atoms in total. The fraction of sp³-hybridized carbons (Fsp3) is 0.179. The van der Waals surface area contributed by atoms with Crippen molar-refractivity contribution in [2.75, 3.05) is 13.7 Å². The van der Waals surface area contributed by atoms with Crippen LogP contribution in [0, 0.1) is 0 Å². The Hall–Kier alpha value is -4.59. The number of carbonyl (C=O) groups excluding carboxylic acids is 1. The standard InChI is InChI=1S/C28H23NO7/c1-3-34-28(32)25-23(26-24(29-25)20-10-6-7-11-21(20)36-26)19-13-12-17(33-2)14-22(19)35-15-16-8-4-5-9-18(16)27(30)31/h4-14,24H,3,15H2,1-2H3,(H,30,31). The molecule has 36 heavy (non-hydrogen) atoms. The number of aliphatic imine (C=N–C) groups is 1. The number of hydrogen-bond donors (Lipinski definition) is 1. The number of carboxylic acid groups (broad SMARTS) is 1. The second-order valence-electron chi connectivity index (χ2n) is 8.09. The van der Waals surface area contributed by atoms with Gasteiger partial charge >= 0.3 is 11.9 Å². The van der Waals surface area contributed by atoms with Gasteiger partial charge in [0.25, 0.3) is 0 Å². The first-order valence-corrected chi connectivity index (χ1v) is 11.4. The normalized spacial score (nSPS) is 15.5. The van der Waals surface area contributed by atoms with Crippen LogP contribution in [0.1, 0.15) is 40.0 Å². The average Bonchev–Trinajstić information content (AvgIpc) is 3.44. The summed E-state index contributed by atoms with van der Waals surface area (Å²) in [5.74, 6) is 0.499. The van der Waals surface area contributed by atoms with Gasteiger partial charge in [0.1, 0.15) is 35.7 Å². The summed E-state index contributed by atoms with van der Waals surface area (Å²) < 4.78 is 23.0. The van der Waals surface area contributed by atoms with E-state index in [9.17, 15) is 14.7 Å². The zero-order valence-electron chi connectivity index (χ0n) is 19.7. The van der Waals surface area contributed by atoms with E-state index in [4.69, 9.17) is 18.9 Å². The van der Waals surface area contributed by atoms with Crippen LogP contribution in [0.3, 0.4) is 0 Å². The SMILES string of the molecule is CCOC(=O)C1=NC2C(=C1c1ccc(OC)cc1OCc1ccccc1C(=O)O)Oc1ccccc12. The van der Waals surface area contributed by atoms with Gasteiger partial charge in [-0.2, -0.15) is 0 Å². The van der Waals surface area contributed by atoms with Crippen LogP contribution in [0.2, 0.25) is 0 Å². The van der Waals surface area contributed by atoms with Crippen LogP contribution >= 0.6 is 0 Å². The summed E-state index contributed by atoms with van der Waals surface area (Å²) in [5.41, 5.74) is 2.68. The van der Waals surface area contributed by atoms with Crippen molar-refractivity contribution in [3.05, 3.63) is 94.7 Å². The highest BCUT2D eigenvalue weighted by Crippen LogP contribution is 2.50. The molecule has 8 heteroatoms. The maximum absolute atomic E-state index is 12.9. The summed E-state index contributed by atoms with van der Waals surface area (Å²) in [6.45, 7) is 1.91. The number of nitrogens with zero attached hydrogens (tertiary/aromatic N) is 1. The fourth-order valence-electron chi connectivity index (χ4n) is 4.32. The summed E-state index contributed by atoms with van der Waals surface area (Å²) >= 11 is 0. The minimum atomic E-state index is -1.04. The molecular weight excluding hydrogens is 462 g/mol. The van der Waals surface area contributed by atoms with Crippen LogP contribution in [0.4, 0.5) is 0 Å². The van der Waals surface area contributed by atoms with Gasteiger partial charge in [0.2, 0.25) is 0 Å². The van der Waals surface area contributed by atoms with E-state index in [1.54, 1.807) is 43.3 Å². The van der Waals surface area contributed by atoms with Crippen molar-refractivity contribution in [1.82, 2.24) is 0 Å². The van der Waals surface area contributed by atoms with E-state index < -0.39 is 18.0 Å². The molecule has 2 aliphatic rings. The Morgan fingerprint density at radius 2 is 1.83 bits per heavy atom. The molecule has 3 aromatic carbocycles. The molecule has 0 radical (unpaired) electrons. The molecule has 0 amide bonds. The lowest BCUT2D eigenvalue weighted by atomic mass is 9.98. The second kappa shape index (κ2) is 9.58. The van der Waals surface area contributed by atoms with Crippen molar-refractivity contribution in [2.45, 2.75) is 19.6 Å². The number of esters is 1. The van der Waals surface area contributed by atoms with Gasteiger partial charge in [-0.1, -0.05) is 36.4 Å². The first-order valence-electron chi connectivity index (χ1n) is 11.4. The molecule has 1 unspecified atom stereocenters. The number of benzene rings is 3. The third-order valence-electron chi connectivity index (χ3n) is 5.98. The number of ether oxygens (including phenoxy) is 4. The number of rotatable bonds is 8. The number of carbonyl (C=O) groups is 2. The molecule has 1 N–H and O–H groups in total. The minimum Gasteiger partial charge on any atom is -0.497 e. The molecule has 0 bridgehead atoms. The molecule has 0 saturated heterocycles. The first kappa shape index (κ1) is 23.2. The van der Waals surface area contributed by atoms with Crippen LogP contribution in [0.25, 0.3) is 5.57 Å². The van der Waals surface area contributed by atoms with Crippen molar-refractivity contribution in [1.29, 1.82) is 0 Å². The lowest BCUT2D eigenvalue weighted by Gasteiger charge is -2.16. The van der Waals surface area contributed by atoms with E-state index in [1.807, 2.05) is 24.3 Å². The maximum Gasteiger partial charge on any atom is 0.357 e. The molecule has 0 spiro atoms. The van der Waals surface area contributed by atoms with Crippen LogP contribution < -0.4 is 14.2 Å². The predicted octanol–water partition coefficient (Wildman–Crippen LogP) is 4.83. The van der Waals surface area contributed by atoms with Gasteiger partial charge in [-0.15, -0.1) is 0 Å². The van der Waals surface area contributed by atoms with Crippen molar-refractivity contribution in [3.63, 3.8) is 0 Å². The van der Waals surface area contributed by atoms with Gasteiger partial charge in [-0.25, -0.2) is 9.59 Å². The molecular formula is C28H23NO7. The van der Waals surface area contributed by atoms with Gasteiger partial charge in [0, 0.05) is 22.8 Å². The number of methoxy groups -OCH3 is 1. The number of hydrogen-bond acceptors (Lipinski definition) is 7. The lowest BCUT2D eigenvalue weighted by molar-refractivity contribution is -0.134. The minimum absolute atomic E-state index is 0.0123. The van der Waals surface area contributed by atoms with Crippen molar-refractivity contribution < 1.29 is 33.6 Å². The Bertz CT molecular complexity index is 1420. The second-order valence-corrected chi connectivity index (χ2v) is 8.09. The van der Waals surface area contributed by atoms with Crippen LogP contribution in [0.5, 0.6) is 17.2 Å². The number of aromatic carboxylic acids is 1. The van der Waals surface area contributed by atoms with E-state index in [0.29, 0.717) is 39.7 Å². The highest BCUT2D eigenvalue weighted by atomic mass is 16.5. The molecule has 5 rings (SSSR count). The smallest absolute Gasteiger partial charge is 0.357 e. The van der Waals surface area contributed by atoms with Crippen molar-refractivity contribution in [3.8, 4) is 17.2 Å². The zero-order valence-corrected chi connectivity index (χ0v) is 19.7. The molecule has 2 heterocycles. The van der Waals surface area contributed by atoms with E-state index in [-0.39, 0.29) is 24.5 Å². The Morgan fingerprint density at radius 1 is 1.06 bits per heavy atom. The van der Waals surface area contributed by atoms with E-state index >= 15 is 0 Å². The molecule has 0 aliphatic carbocycles. The largest absolute Gasteiger partial charge is 0.497 e. The zero-order chi connectivity index (χ0) is 25.2. The summed E-state index contributed by atoms with van der Waals surface area (Å²) in [7, 11) is 1.54. The third-order valence-corrected chi connectivity index (χ3v) is 5.98. The molecule has 0 saturated carbocycles. The first-order chi connectivity index (χ1) is 17.5. The van der Waals surface area contributed by atoms with Gasteiger partial charge < -0.3 is 24.1 Å². The Morgan fingerprint density at radius 3 is 2.61 bits per heavy atom. The average molecular weight is 485 g/mol. The molecule has 0 fully saturated rings. The number of carboxylic acids is 1. The Balaban J connectivity index is 1.60. The summed E-state index contributed by atoms with van der Waals surface area (Å²) in [4.78, 5) is 29.3. The van der Waals surface area contributed by atoms with Gasteiger partial charge in [-0.05, 0) is 31.2 Å². The summed E-state index contributed by atoms with van der Waals surface area (Å²) in [5, 5.41) is 9.54. The maximum atomic E-state index is 12.9. The number of fused-ring (bicyclic) bond motifs is 3. The molecule has 2 aliphatic heterocycles. The molecule has 1 atom stereocenters. The monoisotopic (exact) mass is 485 g/mol. The lowest BCUT2D eigenvalue weighted by Crippen LogP contribution is -2.19. The van der Waals surface area contributed by atoms with Crippen molar-refractivity contribution >= 4 is 23.2 Å². The highest BCUT2D eigenvalue weighted by Gasteiger charge is 2.42. The molecule has 0 aromatic heterocycles. The van der Waals surface area contributed by atoms with Crippen LogP contribution in [0.15, 0.2) is 77.5 Å². The van der Waals surface area contributed by atoms with Gasteiger partial charge in [-0.3, -0.25) is 4.99 Å². The summed E-state index contributed by atoms with van der Waals surface area (Å²) in [6.07, 6.45) is 0.